The largest absolute Gasteiger partial charge is 0.378 e. The minimum Gasteiger partial charge on any atom is -0.378 e. The van der Waals surface area contributed by atoms with Gasteiger partial charge in [0.1, 0.15) is 11.5 Å². The molecule has 1 aromatic heterocycles. The number of nitrogens with zero attached hydrogens (tertiary/aromatic N) is 3. The molecule has 2 heterocycles. The van der Waals surface area contributed by atoms with Gasteiger partial charge in [0.25, 0.3) is 5.91 Å². The second-order valence-electron chi connectivity index (χ2n) is 7.23. The number of aryl methyl sites for hydroxylation is 1. The van der Waals surface area contributed by atoms with Gasteiger partial charge in [0.15, 0.2) is 5.16 Å². The maximum absolute atomic E-state index is 12.6. The van der Waals surface area contributed by atoms with E-state index in [0.29, 0.717) is 30.0 Å². The number of anilines is 1. The van der Waals surface area contributed by atoms with Gasteiger partial charge >= 0.3 is 0 Å². The quantitative estimate of drug-likeness (QED) is 0.545. The minimum absolute atomic E-state index is 0.103. The van der Waals surface area contributed by atoms with E-state index >= 15 is 0 Å². The lowest BCUT2D eigenvalue weighted by Gasteiger charge is -2.28. The van der Waals surface area contributed by atoms with Gasteiger partial charge in [-0.05, 0) is 30.7 Å². The Hall–Kier alpha value is -2.12. The number of rotatable bonds is 8. The SMILES string of the molecule is O=C(NCC1CC1)c1cc(N2CCOCC2)nc(SCCc2ccccc2)n1. The molecular weight excluding hydrogens is 372 g/mol. The summed E-state index contributed by atoms with van der Waals surface area (Å²) < 4.78 is 5.45. The van der Waals surface area contributed by atoms with Gasteiger partial charge in [-0.25, -0.2) is 9.97 Å². The monoisotopic (exact) mass is 398 g/mol. The first-order chi connectivity index (χ1) is 13.8. The van der Waals surface area contributed by atoms with E-state index < -0.39 is 0 Å². The van der Waals surface area contributed by atoms with Gasteiger partial charge in [-0.1, -0.05) is 42.1 Å². The van der Waals surface area contributed by atoms with Gasteiger partial charge in [-0.3, -0.25) is 4.79 Å². The van der Waals surface area contributed by atoms with E-state index in [0.717, 1.165) is 37.6 Å². The van der Waals surface area contributed by atoms with E-state index in [1.54, 1.807) is 11.8 Å². The van der Waals surface area contributed by atoms with Gasteiger partial charge in [-0.15, -0.1) is 0 Å². The van der Waals surface area contributed by atoms with E-state index in [2.05, 4.69) is 39.5 Å². The summed E-state index contributed by atoms with van der Waals surface area (Å²) in [5, 5.41) is 3.68. The number of nitrogens with one attached hydrogen (secondary N) is 1. The number of thioether (sulfide) groups is 1. The maximum Gasteiger partial charge on any atom is 0.270 e. The van der Waals surface area contributed by atoms with Crippen LogP contribution in [-0.2, 0) is 11.2 Å². The zero-order valence-corrected chi connectivity index (χ0v) is 16.8. The first-order valence-electron chi connectivity index (χ1n) is 9.94. The highest BCUT2D eigenvalue weighted by atomic mass is 32.2. The average molecular weight is 399 g/mol. The topological polar surface area (TPSA) is 67.4 Å². The number of amides is 1. The zero-order valence-electron chi connectivity index (χ0n) is 16.0. The Kier molecular flexibility index (Phi) is 6.44. The summed E-state index contributed by atoms with van der Waals surface area (Å²) in [6, 6.07) is 12.2. The van der Waals surface area contributed by atoms with E-state index in [1.807, 2.05) is 12.1 Å². The van der Waals surface area contributed by atoms with Crippen LogP contribution in [0.5, 0.6) is 0 Å². The van der Waals surface area contributed by atoms with Gasteiger partial charge in [0.2, 0.25) is 0 Å². The third-order valence-corrected chi connectivity index (χ3v) is 5.82. The van der Waals surface area contributed by atoms with Crippen molar-refractivity contribution in [1.82, 2.24) is 15.3 Å². The summed E-state index contributed by atoms with van der Waals surface area (Å²) >= 11 is 1.60. The standard InChI is InChI=1S/C21H26N4O2S/c26-20(22-15-17-6-7-17)18-14-19(25-9-11-27-12-10-25)24-21(23-18)28-13-8-16-4-2-1-3-5-16/h1-5,14,17H,6-13,15H2,(H,22,26). The normalized spacial score (nSPS) is 16.8. The Morgan fingerprint density at radius 2 is 1.96 bits per heavy atom. The van der Waals surface area contributed by atoms with Gasteiger partial charge in [-0.2, -0.15) is 0 Å². The van der Waals surface area contributed by atoms with Crippen LogP contribution < -0.4 is 10.2 Å². The van der Waals surface area contributed by atoms with Crippen LogP contribution in [0.25, 0.3) is 0 Å². The molecule has 0 spiro atoms. The predicted octanol–water partition coefficient (Wildman–Crippen LogP) is 2.79. The van der Waals surface area contributed by atoms with Crippen molar-refractivity contribution in [3.63, 3.8) is 0 Å². The average Bonchev–Trinajstić information content (AvgIpc) is 3.58. The fourth-order valence-corrected chi connectivity index (χ4v) is 3.94. The highest BCUT2D eigenvalue weighted by molar-refractivity contribution is 7.99. The molecular formula is C21H26N4O2S. The van der Waals surface area contributed by atoms with E-state index in [-0.39, 0.29) is 5.91 Å². The Morgan fingerprint density at radius 1 is 1.18 bits per heavy atom. The van der Waals surface area contributed by atoms with Gasteiger partial charge in [0.05, 0.1) is 13.2 Å². The molecule has 2 aliphatic rings. The number of hydrogen-bond donors (Lipinski definition) is 1. The molecule has 1 aromatic carbocycles. The van der Waals surface area contributed by atoms with Gasteiger partial charge in [0, 0.05) is 31.5 Å². The highest BCUT2D eigenvalue weighted by Gasteiger charge is 2.23. The van der Waals surface area contributed by atoms with Crippen molar-refractivity contribution in [2.45, 2.75) is 24.4 Å². The highest BCUT2D eigenvalue weighted by Crippen LogP contribution is 2.28. The van der Waals surface area contributed by atoms with Crippen LogP contribution in [0.4, 0.5) is 5.82 Å². The van der Waals surface area contributed by atoms with Crippen LogP contribution in [0, 0.1) is 5.92 Å². The summed E-state index contributed by atoms with van der Waals surface area (Å²) in [7, 11) is 0. The van der Waals surface area contributed by atoms with Crippen molar-refractivity contribution in [3.05, 3.63) is 47.7 Å². The zero-order chi connectivity index (χ0) is 19.2. The molecule has 148 valence electrons. The molecule has 4 rings (SSSR count). The lowest BCUT2D eigenvalue weighted by Crippen LogP contribution is -2.37. The Balaban J connectivity index is 1.46. The fraction of sp³-hybridized carbons (Fsp3) is 0.476. The van der Waals surface area contributed by atoms with Crippen LogP contribution in [0.1, 0.15) is 28.9 Å². The fourth-order valence-electron chi connectivity index (χ4n) is 3.10. The first kappa shape index (κ1) is 19.2. The summed E-state index contributed by atoms with van der Waals surface area (Å²) in [6.07, 6.45) is 3.37. The molecule has 2 aromatic rings. The number of ether oxygens (including phenoxy) is 1. The summed E-state index contributed by atoms with van der Waals surface area (Å²) in [5.41, 5.74) is 1.75. The molecule has 1 aliphatic carbocycles. The number of hydrogen-bond acceptors (Lipinski definition) is 6. The van der Waals surface area contributed by atoms with Crippen molar-refractivity contribution < 1.29 is 9.53 Å². The van der Waals surface area contributed by atoms with Crippen LogP contribution in [-0.4, -0.2) is 54.5 Å². The third kappa shape index (κ3) is 5.45. The van der Waals surface area contributed by atoms with E-state index in [1.165, 1.54) is 18.4 Å². The summed E-state index contributed by atoms with van der Waals surface area (Å²) in [6.45, 7) is 3.68. The van der Waals surface area contributed by atoms with Crippen LogP contribution in [0.2, 0.25) is 0 Å². The van der Waals surface area contributed by atoms with E-state index in [4.69, 9.17) is 9.72 Å². The molecule has 0 atom stereocenters. The van der Waals surface area contributed by atoms with Crippen LogP contribution in [0.3, 0.4) is 0 Å². The second kappa shape index (κ2) is 9.39. The molecule has 1 aliphatic heterocycles. The van der Waals surface area contributed by atoms with Crippen molar-refractivity contribution in [2.75, 3.05) is 43.5 Å². The molecule has 7 heteroatoms. The predicted molar refractivity (Wildman–Crippen MR) is 111 cm³/mol. The van der Waals surface area contributed by atoms with Crippen LogP contribution >= 0.6 is 11.8 Å². The first-order valence-corrected chi connectivity index (χ1v) is 10.9. The number of carbonyl (C=O) groups is 1. The number of benzene rings is 1. The molecule has 1 N–H and O–H groups in total. The number of carbonyl (C=O) groups excluding carboxylic acids is 1. The summed E-state index contributed by atoms with van der Waals surface area (Å²) in [5.74, 6) is 2.23. The molecule has 1 saturated heterocycles. The molecule has 0 radical (unpaired) electrons. The summed E-state index contributed by atoms with van der Waals surface area (Å²) in [4.78, 5) is 24.0. The molecule has 2 fully saturated rings. The lowest BCUT2D eigenvalue weighted by molar-refractivity contribution is 0.0946. The van der Waals surface area contributed by atoms with Crippen molar-refractivity contribution in [1.29, 1.82) is 0 Å². The Morgan fingerprint density at radius 3 is 2.71 bits per heavy atom. The molecule has 1 saturated carbocycles. The molecule has 1 amide bonds. The Bertz CT molecular complexity index is 792. The molecule has 0 unspecified atom stereocenters. The minimum atomic E-state index is -0.103. The van der Waals surface area contributed by atoms with E-state index in [9.17, 15) is 4.79 Å². The lowest BCUT2D eigenvalue weighted by atomic mass is 10.2. The maximum atomic E-state index is 12.6. The number of morpholine rings is 1. The van der Waals surface area contributed by atoms with Crippen LogP contribution in [0.15, 0.2) is 41.6 Å². The second-order valence-corrected chi connectivity index (χ2v) is 8.29. The Labute approximate surface area is 170 Å². The molecule has 28 heavy (non-hydrogen) atoms. The van der Waals surface area contributed by atoms with Gasteiger partial charge < -0.3 is 15.0 Å². The van der Waals surface area contributed by atoms with Crippen molar-refractivity contribution in [2.24, 2.45) is 5.92 Å². The van der Waals surface area contributed by atoms with Crippen molar-refractivity contribution in [3.8, 4) is 0 Å². The number of aromatic nitrogens is 2. The van der Waals surface area contributed by atoms with Crippen molar-refractivity contribution >= 4 is 23.5 Å². The third-order valence-electron chi connectivity index (χ3n) is 4.97. The smallest absolute Gasteiger partial charge is 0.270 e. The molecule has 6 nitrogen and oxygen atoms in total. The molecule has 0 bridgehead atoms.